The van der Waals surface area contributed by atoms with Gasteiger partial charge in [0.05, 0.1) is 12.6 Å². The van der Waals surface area contributed by atoms with E-state index in [0.29, 0.717) is 36.8 Å². The second kappa shape index (κ2) is 8.07. The van der Waals surface area contributed by atoms with Crippen LogP contribution in [0.5, 0.6) is 11.6 Å². The van der Waals surface area contributed by atoms with Crippen molar-refractivity contribution in [3.05, 3.63) is 41.1 Å². The Balaban J connectivity index is 1.37. The minimum absolute atomic E-state index is 0.125. The summed E-state index contributed by atoms with van der Waals surface area (Å²) in [4.78, 5) is 12.7. The lowest BCUT2D eigenvalue weighted by molar-refractivity contribution is -0.324. The van der Waals surface area contributed by atoms with Crippen LogP contribution >= 0.6 is 0 Å². The predicted molar refractivity (Wildman–Crippen MR) is 104 cm³/mol. The van der Waals surface area contributed by atoms with Crippen molar-refractivity contribution in [2.24, 2.45) is 0 Å². The van der Waals surface area contributed by atoms with Crippen LogP contribution in [0.2, 0.25) is 0 Å². The Bertz CT molecular complexity index is 971. The number of hydrogen-bond acceptors (Lipinski definition) is 5. The van der Waals surface area contributed by atoms with E-state index in [2.05, 4.69) is 15.2 Å². The van der Waals surface area contributed by atoms with Crippen molar-refractivity contribution in [3.8, 4) is 11.6 Å². The second-order valence-electron chi connectivity index (χ2n) is 8.37. The van der Waals surface area contributed by atoms with E-state index < -0.39 is 13.0 Å². The van der Waals surface area contributed by atoms with Crippen LogP contribution in [0.25, 0.3) is 0 Å². The van der Waals surface area contributed by atoms with Crippen molar-refractivity contribution in [1.82, 2.24) is 15.1 Å². The number of carbonyl (C=O) groups is 1. The molecule has 1 aromatic heterocycles. The van der Waals surface area contributed by atoms with E-state index in [-0.39, 0.29) is 29.7 Å². The maximum Gasteiger partial charge on any atom is 0.522 e. The molecule has 7 nitrogen and oxygen atoms in total. The molecule has 0 spiro atoms. The van der Waals surface area contributed by atoms with Gasteiger partial charge in [-0.2, -0.15) is 5.10 Å². The van der Waals surface area contributed by atoms with Gasteiger partial charge in [-0.3, -0.25) is 9.53 Å². The van der Waals surface area contributed by atoms with Gasteiger partial charge in [0.15, 0.2) is 5.69 Å². The average Bonchev–Trinajstić information content (AvgIpc) is 3.09. The van der Waals surface area contributed by atoms with Crippen molar-refractivity contribution >= 4 is 5.91 Å². The summed E-state index contributed by atoms with van der Waals surface area (Å²) in [7, 11) is 0. The van der Waals surface area contributed by atoms with Crippen LogP contribution in [0.1, 0.15) is 41.9 Å². The van der Waals surface area contributed by atoms with Crippen LogP contribution in [0.3, 0.4) is 0 Å². The zero-order valence-electron chi connectivity index (χ0n) is 17.3. The zero-order valence-corrected chi connectivity index (χ0v) is 17.3. The molecule has 1 amide bonds. The third-order valence-electron chi connectivity index (χ3n) is 5.31. The van der Waals surface area contributed by atoms with E-state index in [4.69, 9.17) is 9.47 Å². The molecule has 0 saturated heterocycles. The lowest BCUT2D eigenvalue weighted by Gasteiger charge is -2.30. The normalized spacial score (nSPS) is 19.6. The Morgan fingerprint density at radius 2 is 2.16 bits per heavy atom. The van der Waals surface area contributed by atoms with Gasteiger partial charge < -0.3 is 14.8 Å². The molecule has 1 aromatic carbocycles. The second-order valence-corrected chi connectivity index (χ2v) is 8.37. The number of rotatable bonds is 5. The third-order valence-corrected chi connectivity index (χ3v) is 5.31. The van der Waals surface area contributed by atoms with E-state index >= 15 is 0 Å². The first kappa shape index (κ1) is 21.5. The highest BCUT2D eigenvalue weighted by molar-refractivity contribution is 5.92. The fraction of sp³-hybridized carbons (Fsp3) is 0.524. The van der Waals surface area contributed by atoms with Crippen LogP contribution in [0.4, 0.5) is 13.2 Å². The first-order valence-corrected chi connectivity index (χ1v) is 10.1. The topological polar surface area (TPSA) is 74.6 Å². The first-order chi connectivity index (χ1) is 14.6. The van der Waals surface area contributed by atoms with E-state index in [1.807, 2.05) is 13.8 Å². The average molecular weight is 439 g/mol. The number of benzene rings is 1. The van der Waals surface area contributed by atoms with Gasteiger partial charge in [0.1, 0.15) is 18.0 Å². The van der Waals surface area contributed by atoms with Gasteiger partial charge in [-0.15, -0.1) is 13.2 Å². The number of carbonyl (C=O) groups excluding carboxylic acids is 1. The summed E-state index contributed by atoms with van der Waals surface area (Å²) in [5.41, 5.74) is 1.51. The molecule has 0 unspecified atom stereocenters. The van der Waals surface area contributed by atoms with Gasteiger partial charge in [-0.1, -0.05) is 12.1 Å². The van der Waals surface area contributed by atoms with Gasteiger partial charge in [-0.25, -0.2) is 4.68 Å². The molecule has 168 valence electrons. The molecule has 1 N–H and O–H groups in total. The molecule has 3 heterocycles. The number of halogens is 3. The number of hydrogen-bond donors (Lipinski definition) is 1. The number of ether oxygens (including phenoxy) is 3. The van der Waals surface area contributed by atoms with Crippen LogP contribution in [-0.2, 0) is 24.1 Å². The van der Waals surface area contributed by atoms with E-state index in [1.165, 1.54) is 0 Å². The first-order valence-electron chi connectivity index (χ1n) is 10.1. The Labute approximate surface area is 177 Å². The van der Waals surface area contributed by atoms with Crippen LogP contribution in [0, 0.1) is 0 Å². The number of amides is 1. The third kappa shape index (κ3) is 5.30. The summed E-state index contributed by atoms with van der Waals surface area (Å²) < 4.78 is 53.6. The molecule has 0 aliphatic carbocycles. The van der Waals surface area contributed by atoms with Crippen molar-refractivity contribution in [1.29, 1.82) is 0 Å². The van der Waals surface area contributed by atoms with Crippen molar-refractivity contribution < 1.29 is 32.2 Å². The van der Waals surface area contributed by atoms with Crippen LogP contribution in [-0.4, -0.2) is 46.9 Å². The predicted octanol–water partition coefficient (Wildman–Crippen LogP) is 3.26. The minimum Gasteiger partial charge on any atom is -0.491 e. The van der Waals surface area contributed by atoms with E-state index in [0.717, 1.165) is 12.0 Å². The molecule has 2 aliphatic heterocycles. The van der Waals surface area contributed by atoms with Crippen molar-refractivity contribution in [2.75, 3.05) is 13.2 Å². The lowest BCUT2D eigenvalue weighted by atomic mass is 9.99. The Morgan fingerprint density at radius 1 is 1.35 bits per heavy atom. The quantitative estimate of drug-likeness (QED) is 0.774. The molecule has 4 rings (SSSR count). The maximum atomic E-state index is 12.7. The van der Waals surface area contributed by atoms with Crippen molar-refractivity contribution in [2.45, 2.75) is 57.7 Å². The molecule has 0 fully saturated rings. The number of aryl methyl sites for hydroxylation is 1. The number of nitrogens with one attached hydrogen (secondary N) is 1. The standard InChI is InChI=1S/C21H24F3N3O4/c1-20(2)6-7-27-18(31-20)11-16(26-27)19(28)25-15-10-14-9-13(3-4-17(14)29-12-15)5-8-30-21(22,23)24/h3-4,9,11,15H,5-8,10,12H2,1-2H3,(H,25,28)/t15-/m1/s1. The number of aromatic nitrogens is 2. The highest BCUT2D eigenvalue weighted by atomic mass is 19.4. The minimum atomic E-state index is -4.64. The molecular formula is C21H24F3N3O4. The fourth-order valence-corrected chi connectivity index (χ4v) is 3.70. The Kier molecular flexibility index (Phi) is 5.59. The highest BCUT2D eigenvalue weighted by Crippen LogP contribution is 2.29. The van der Waals surface area contributed by atoms with Gasteiger partial charge >= 0.3 is 6.36 Å². The van der Waals surface area contributed by atoms with E-state index in [1.54, 1.807) is 28.9 Å². The molecule has 1 atom stereocenters. The summed E-state index contributed by atoms with van der Waals surface area (Å²) in [6.07, 6.45) is -3.21. The smallest absolute Gasteiger partial charge is 0.491 e. The zero-order chi connectivity index (χ0) is 22.2. The highest BCUT2D eigenvalue weighted by Gasteiger charge is 2.30. The van der Waals surface area contributed by atoms with Gasteiger partial charge in [0.25, 0.3) is 5.91 Å². The molecule has 2 aliphatic rings. The molecule has 31 heavy (non-hydrogen) atoms. The molecule has 10 heteroatoms. The summed E-state index contributed by atoms with van der Waals surface area (Å²) in [6, 6.07) is 6.59. The van der Waals surface area contributed by atoms with Crippen LogP contribution in [0.15, 0.2) is 24.3 Å². The Hall–Kier alpha value is -2.75. The number of alkyl halides is 3. The van der Waals surface area contributed by atoms with Gasteiger partial charge in [0, 0.05) is 19.0 Å². The summed E-state index contributed by atoms with van der Waals surface area (Å²) in [5.74, 6) is 0.909. The fourth-order valence-electron chi connectivity index (χ4n) is 3.70. The largest absolute Gasteiger partial charge is 0.522 e. The maximum absolute atomic E-state index is 12.7. The lowest BCUT2D eigenvalue weighted by Crippen LogP contribution is -2.43. The molecular weight excluding hydrogens is 415 g/mol. The molecule has 0 bridgehead atoms. The Morgan fingerprint density at radius 3 is 2.94 bits per heavy atom. The number of fused-ring (bicyclic) bond motifs is 2. The summed E-state index contributed by atoms with van der Waals surface area (Å²) in [6.45, 7) is 4.50. The molecule has 0 saturated carbocycles. The SMILES string of the molecule is CC1(C)CCn2nc(C(=O)N[C@H]3COc4ccc(CCOC(F)(F)F)cc4C3)cc2O1. The molecule has 0 radical (unpaired) electrons. The number of nitrogens with zero attached hydrogens (tertiary/aromatic N) is 2. The monoisotopic (exact) mass is 439 g/mol. The van der Waals surface area contributed by atoms with E-state index in [9.17, 15) is 18.0 Å². The summed E-state index contributed by atoms with van der Waals surface area (Å²) >= 11 is 0. The molecule has 2 aromatic rings. The van der Waals surface area contributed by atoms with Gasteiger partial charge in [0.2, 0.25) is 5.88 Å². The van der Waals surface area contributed by atoms with Gasteiger partial charge in [-0.05, 0) is 43.9 Å². The van der Waals surface area contributed by atoms with Crippen molar-refractivity contribution in [3.63, 3.8) is 0 Å². The summed E-state index contributed by atoms with van der Waals surface area (Å²) in [5, 5.41) is 7.25. The van der Waals surface area contributed by atoms with Crippen LogP contribution < -0.4 is 14.8 Å².